The van der Waals surface area contributed by atoms with Crippen LogP contribution in [0.4, 0.5) is 5.69 Å². The first-order valence-corrected chi connectivity index (χ1v) is 5.05. The van der Waals surface area contributed by atoms with Gasteiger partial charge in [-0.3, -0.25) is 14.6 Å². The zero-order chi connectivity index (χ0) is 12.3. The van der Waals surface area contributed by atoms with E-state index in [1.54, 1.807) is 31.6 Å². The highest BCUT2D eigenvalue weighted by Crippen LogP contribution is 2.12. The molecular weight excluding hydrogens is 218 g/mol. The Morgan fingerprint density at radius 3 is 2.53 bits per heavy atom. The molecule has 0 bridgehead atoms. The molecule has 0 fully saturated rings. The van der Waals surface area contributed by atoms with Gasteiger partial charge in [0.05, 0.1) is 5.56 Å². The van der Waals surface area contributed by atoms with Gasteiger partial charge in [-0.25, -0.2) is 0 Å². The summed E-state index contributed by atoms with van der Waals surface area (Å²) < 4.78 is 0. The van der Waals surface area contributed by atoms with Crippen LogP contribution >= 0.6 is 0 Å². The molecule has 0 saturated carbocycles. The lowest BCUT2D eigenvalue weighted by atomic mass is 10.2. The summed E-state index contributed by atoms with van der Waals surface area (Å²) in [5.41, 5.74) is 0.952. The van der Waals surface area contributed by atoms with Crippen molar-refractivity contribution in [2.24, 2.45) is 0 Å². The maximum Gasteiger partial charge on any atom is 0.259 e. The van der Waals surface area contributed by atoms with Gasteiger partial charge in [-0.2, -0.15) is 0 Å². The standard InChI is InChI=1S/C12H11N3O2/c1-15(10-4-6-13-7-5-10)12(17)9-2-3-11(16)14-8-9/h2-8H,1H3,(H,14,16). The van der Waals surface area contributed by atoms with Crippen LogP contribution in [-0.4, -0.2) is 22.9 Å². The molecule has 2 rings (SSSR count). The molecule has 0 spiro atoms. The Bertz CT molecular complexity index is 557. The van der Waals surface area contributed by atoms with Crippen LogP contribution in [0.1, 0.15) is 10.4 Å². The number of amides is 1. The average molecular weight is 229 g/mol. The van der Waals surface area contributed by atoms with E-state index in [4.69, 9.17) is 0 Å². The highest BCUT2D eigenvalue weighted by atomic mass is 16.2. The van der Waals surface area contributed by atoms with Crippen LogP contribution in [0.5, 0.6) is 0 Å². The zero-order valence-electron chi connectivity index (χ0n) is 9.25. The molecule has 2 aromatic heterocycles. The third-order valence-corrected chi connectivity index (χ3v) is 2.39. The second-order valence-electron chi connectivity index (χ2n) is 3.51. The van der Waals surface area contributed by atoms with Crippen LogP contribution in [0.25, 0.3) is 0 Å². The fourth-order valence-electron chi connectivity index (χ4n) is 1.42. The molecule has 0 aliphatic carbocycles. The van der Waals surface area contributed by atoms with Crippen LogP contribution in [0, 0.1) is 0 Å². The number of aromatic nitrogens is 2. The Morgan fingerprint density at radius 1 is 1.24 bits per heavy atom. The minimum Gasteiger partial charge on any atom is -0.328 e. The van der Waals surface area contributed by atoms with E-state index < -0.39 is 0 Å². The quantitative estimate of drug-likeness (QED) is 0.836. The van der Waals surface area contributed by atoms with Gasteiger partial charge < -0.3 is 9.88 Å². The number of aromatic amines is 1. The van der Waals surface area contributed by atoms with Gasteiger partial charge in [-0.15, -0.1) is 0 Å². The van der Waals surface area contributed by atoms with Crippen molar-refractivity contribution in [1.82, 2.24) is 9.97 Å². The minimum atomic E-state index is -0.229. The number of hydrogen-bond donors (Lipinski definition) is 1. The highest BCUT2D eigenvalue weighted by molar-refractivity contribution is 6.05. The second kappa shape index (κ2) is 4.61. The maximum atomic E-state index is 12.0. The number of hydrogen-bond acceptors (Lipinski definition) is 3. The Labute approximate surface area is 97.7 Å². The number of pyridine rings is 2. The van der Waals surface area contributed by atoms with Gasteiger partial charge in [0, 0.05) is 37.4 Å². The van der Waals surface area contributed by atoms with E-state index in [1.807, 2.05) is 0 Å². The van der Waals surface area contributed by atoms with Crippen LogP contribution in [0.3, 0.4) is 0 Å². The smallest absolute Gasteiger partial charge is 0.259 e. The van der Waals surface area contributed by atoms with Crippen LogP contribution < -0.4 is 10.5 Å². The lowest BCUT2D eigenvalue weighted by molar-refractivity contribution is 0.0992. The van der Waals surface area contributed by atoms with Crippen molar-refractivity contribution in [1.29, 1.82) is 0 Å². The van der Waals surface area contributed by atoms with Crippen molar-refractivity contribution in [3.05, 3.63) is 58.8 Å². The predicted octanol–water partition coefficient (Wildman–Crippen LogP) is 1.05. The summed E-state index contributed by atoms with van der Waals surface area (Å²) in [6.07, 6.45) is 4.64. The number of H-pyrrole nitrogens is 1. The molecule has 5 heteroatoms. The zero-order valence-corrected chi connectivity index (χ0v) is 9.25. The number of anilines is 1. The summed E-state index contributed by atoms with van der Waals surface area (Å²) in [6, 6.07) is 6.31. The first kappa shape index (κ1) is 11.1. The molecule has 5 nitrogen and oxygen atoms in total. The lowest BCUT2D eigenvalue weighted by Gasteiger charge is -2.16. The Hall–Kier alpha value is -2.43. The van der Waals surface area contributed by atoms with Crippen molar-refractivity contribution in [2.75, 3.05) is 11.9 Å². The molecule has 0 atom stereocenters. The third kappa shape index (κ3) is 2.39. The molecule has 0 saturated heterocycles. The van der Waals surface area contributed by atoms with Crippen LogP contribution in [0.2, 0.25) is 0 Å². The normalized spacial score (nSPS) is 9.94. The molecule has 1 N–H and O–H groups in total. The third-order valence-electron chi connectivity index (χ3n) is 2.39. The molecule has 0 radical (unpaired) electrons. The summed E-state index contributed by atoms with van der Waals surface area (Å²) in [4.78, 5) is 30.8. The van der Waals surface area contributed by atoms with E-state index in [-0.39, 0.29) is 11.5 Å². The van der Waals surface area contributed by atoms with Crippen molar-refractivity contribution in [2.45, 2.75) is 0 Å². The number of nitrogens with zero attached hydrogens (tertiary/aromatic N) is 2. The van der Waals surface area contributed by atoms with Gasteiger partial charge in [-0.1, -0.05) is 0 Å². The Morgan fingerprint density at radius 2 is 1.94 bits per heavy atom. The molecule has 17 heavy (non-hydrogen) atoms. The number of nitrogens with one attached hydrogen (secondary N) is 1. The second-order valence-corrected chi connectivity index (χ2v) is 3.51. The first-order chi connectivity index (χ1) is 8.18. The fraction of sp³-hybridized carbons (Fsp3) is 0.0833. The molecule has 86 valence electrons. The Kier molecular flexibility index (Phi) is 3.00. The van der Waals surface area contributed by atoms with Gasteiger partial charge in [-0.05, 0) is 18.2 Å². The van der Waals surface area contributed by atoms with Gasteiger partial charge in [0.25, 0.3) is 5.91 Å². The number of rotatable bonds is 2. The van der Waals surface area contributed by atoms with Gasteiger partial charge in [0.15, 0.2) is 0 Å². The molecule has 2 aromatic rings. The topological polar surface area (TPSA) is 66.1 Å². The van der Waals surface area contributed by atoms with E-state index in [0.717, 1.165) is 5.69 Å². The summed E-state index contributed by atoms with van der Waals surface area (Å²) in [7, 11) is 1.67. The van der Waals surface area contributed by atoms with Gasteiger partial charge >= 0.3 is 0 Å². The first-order valence-electron chi connectivity index (χ1n) is 5.05. The summed E-state index contributed by atoms with van der Waals surface area (Å²) in [5.74, 6) is -0.188. The number of carbonyl (C=O) groups excluding carboxylic acids is 1. The highest BCUT2D eigenvalue weighted by Gasteiger charge is 2.12. The van der Waals surface area contributed by atoms with Gasteiger partial charge in [0.1, 0.15) is 0 Å². The molecule has 0 aliphatic rings. The monoisotopic (exact) mass is 229 g/mol. The van der Waals surface area contributed by atoms with Crippen LogP contribution in [-0.2, 0) is 0 Å². The SMILES string of the molecule is CN(C(=O)c1ccc(=O)[nH]c1)c1ccncc1. The summed E-state index contributed by atoms with van der Waals surface area (Å²) >= 11 is 0. The van der Waals surface area contributed by atoms with Crippen molar-refractivity contribution in [3.63, 3.8) is 0 Å². The van der Waals surface area contributed by atoms with E-state index in [1.165, 1.54) is 23.2 Å². The van der Waals surface area contributed by atoms with Crippen molar-refractivity contribution in [3.8, 4) is 0 Å². The molecule has 0 aromatic carbocycles. The fourth-order valence-corrected chi connectivity index (χ4v) is 1.42. The number of carbonyl (C=O) groups is 1. The van der Waals surface area contributed by atoms with Crippen molar-refractivity contribution < 1.29 is 4.79 Å². The molecular formula is C12H11N3O2. The molecule has 0 unspecified atom stereocenters. The summed E-state index contributed by atoms with van der Waals surface area (Å²) in [6.45, 7) is 0. The van der Waals surface area contributed by atoms with E-state index in [2.05, 4.69) is 9.97 Å². The van der Waals surface area contributed by atoms with E-state index >= 15 is 0 Å². The summed E-state index contributed by atoms with van der Waals surface area (Å²) in [5, 5.41) is 0. The molecule has 2 heterocycles. The van der Waals surface area contributed by atoms with Gasteiger partial charge in [0.2, 0.25) is 5.56 Å². The lowest BCUT2D eigenvalue weighted by Crippen LogP contribution is -2.26. The average Bonchev–Trinajstić information content (AvgIpc) is 2.39. The van der Waals surface area contributed by atoms with Crippen LogP contribution in [0.15, 0.2) is 47.7 Å². The predicted molar refractivity (Wildman–Crippen MR) is 64.0 cm³/mol. The van der Waals surface area contributed by atoms with Crippen molar-refractivity contribution >= 4 is 11.6 Å². The maximum absolute atomic E-state index is 12.0. The molecule has 1 amide bonds. The minimum absolute atomic E-state index is 0.188. The van der Waals surface area contributed by atoms with E-state index in [9.17, 15) is 9.59 Å². The Balaban J connectivity index is 2.26. The molecule has 0 aliphatic heterocycles. The van der Waals surface area contributed by atoms with E-state index in [0.29, 0.717) is 5.56 Å². The largest absolute Gasteiger partial charge is 0.328 e.